The van der Waals surface area contributed by atoms with Crippen LogP contribution in [0.3, 0.4) is 0 Å². The number of hydrogen-bond donors (Lipinski definition) is 0. The van der Waals surface area contributed by atoms with Crippen LogP contribution in [0.15, 0.2) is 18.2 Å². The van der Waals surface area contributed by atoms with Gasteiger partial charge in [0.15, 0.2) is 0 Å². The number of ether oxygens (including phenoxy) is 1. The zero-order valence-electron chi connectivity index (χ0n) is 8.53. The Morgan fingerprint density at radius 1 is 1.53 bits per heavy atom. The maximum Gasteiger partial charge on any atom is 0.0984 e. The summed E-state index contributed by atoms with van der Waals surface area (Å²) in [5.41, 5.74) is 2.06. The van der Waals surface area contributed by atoms with Gasteiger partial charge in [-0.1, -0.05) is 23.7 Å². The van der Waals surface area contributed by atoms with Gasteiger partial charge in [0.25, 0.3) is 0 Å². The van der Waals surface area contributed by atoms with Crippen molar-refractivity contribution in [2.45, 2.75) is 19.4 Å². The van der Waals surface area contributed by atoms with E-state index in [1.54, 1.807) is 0 Å². The molecule has 2 unspecified atom stereocenters. The third kappa shape index (κ3) is 1.99. The second-order valence-corrected chi connectivity index (χ2v) is 4.23. The average Bonchev–Trinajstić information content (AvgIpc) is 2.70. The molecule has 0 N–H and O–H groups in total. The summed E-state index contributed by atoms with van der Waals surface area (Å²) in [5, 5.41) is 9.69. The van der Waals surface area contributed by atoms with E-state index in [1.807, 2.05) is 25.1 Å². The molecule has 0 saturated carbocycles. The SMILES string of the molecule is Cc1ccc(C2OCCC2C#N)cc1Cl. The highest BCUT2D eigenvalue weighted by Crippen LogP contribution is 2.35. The van der Waals surface area contributed by atoms with Crippen LogP contribution in [0.5, 0.6) is 0 Å². The van der Waals surface area contributed by atoms with Crippen LogP contribution in [0.2, 0.25) is 5.02 Å². The van der Waals surface area contributed by atoms with Crippen LogP contribution in [0, 0.1) is 24.2 Å². The van der Waals surface area contributed by atoms with Gasteiger partial charge < -0.3 is 4.74 Å². The number of nitriles is 1. The molecule has 1 saturated heterocycles. The Morgan fingerprint density at radius 3 is 3.00 bits per heavy atom. The molecule has 1 aromatic carbocycles. The highest BCUT2D eigenvalue weighted by molar-refractivity contribution is 6.31. The summed E-state index contributed by atoms with van der Waals surface area (Å²) >= 11 is 6.04. The molecule has 0 radical (unpaired) electrons. The summed E-state index contributed by atoms with van der Waals surface area (Å²) in [6, 6.07) is 8.13. The summed E-state index contributed by atoms with van der Waals surface area (Å²) < 4.78 is 5.56. The van der Waals surface area contributed by atoms with E-state index in [0.717, 1.165) is 22.6 Å². The molecule has 2 rings (SSSR count). The first-order valence-electron chi connectivity index (χ1n) is 4.99. The first-order chi connectivity index (χ1) is 7.22. The number of rotatable bonds is 1. The molecule has 3 heteroatoms. The van der Waals surface area contributed by atoms with E-state index in [9.17, 15) is 0 Å². The van der Waals surface area contributed by atoms with Crippen LogP contribution in [0.4, 0.5) is 0 Å². The molecule has 1 aromatic rings. The third-order valence-electron chi connectivity index (χ3n) is 2.78. The molecule has 1 aliphatic heterocycles. The molecule has 78 valence electrons. The van der Waals surface area contributed by atoms with E-state index < -0.39 is 0 Å². The number of hydrogen-bond acceptors (Lipinski definition) is 2. The van der Waals surface area contributed by atoms with Crippen LogP contribution in [-0.4, -0.2) is 6.61 Å². The number of benzene rings is 1. The molecule has 1 fully saturated rings. The molecule has 0 aliphatic carbocycles. The van der Waals surface area contributed by atoms with Crippen molar-refractivity contribution >= 4 is 11.6 Å². The Hall–Kier alpha value is -1.04. The van der Waals surface area contributed by atoms with E-state index in [1.165, 1.54) is 0 Å². The minimum atomic E-state index is -0.104. The molecule has 0 aromatic heterocycles. The smallest absolute Gasteiger partial charge is 0.0984 e. The van der Waals surface area contributed by atoms with Crippen LogP contribution >= 0.6 is 11.6 Å². The maximum atomic E-state index is 8.96. The summed E-state index contributed by atoms with van der Waals surface area (Å²) in [6.45, 7) is 2.62. The monoisotopic (exact) mass is 221 g/mol. The Labute approximate surface area is 94.4 Å². The summed E-state index contributed by atoms with van der Waals surface area (Å²) in [7, 11) is 0. The van der Waals surface area contributed by atoms with E-state index in [2.05, 4.69) is 6.07 Å². The lowest BCUT2D eigenvalue weighted by Gasteiger charge is -2.14. The molecule has 0 amide bonds. The van der Waals surface area contributed by atoms with Crippen molar-refractivity contribution in [1.29, 1.82) is 5.26 Å². The highest BCUT2D eigenvalue weighted by Gasteiger charge is 2.29. The van der Waals surface area contributed by atoms with E-state index in [0.29, 0.717) is 6.61 Å². The first-order valence-corrected chi connectivity index (χ1v) is 5.37. The van der Waals surface area contributed by atoms with Gasteiger partial charge in [0.1, 0.15) is 0 Å². The Bertz CT molecular complexity index is 411. The molecular formula is C12H12ClNO. The maximum absolute atomic E-state index is 8.96. The molecule has 1 heterocycles. The van der Waals surface area contributed by atoms with Gasteiger partial charge in [-0.15, -0.1) is 0 Å². The molecule has 2 atom stereocenters. The quantitative estimate of drug-likeness (QED) is 0.729. The van der Waals surface area contributed by atoms with Crippen molar-refractivity contribution in [2.24, 2.45) is 5.92 Å². The first kappa shape index (κ1) is 10.5. The predicted octanol–water partition coefficient (Wildman–Crippen LogP) is 3.25. The lowest BCUT2D eigenvalue weighted by molar-refractivity contribution is 0.101. The van der Waals surface area contributed by atoms with Crippen LogP contribution in [0.1, 0.15) is 23.7 Å². The highest BCUT2D eigenvalue weighted by atomic mass is 35.5. The second kappa shape index (κ2) is 4.22. The number of aryl methyl sites for hydroxylation is 1. The van der Waals surface area contributed by atoms with Gasteiger partial charge in [-0.05, 0) is 30.5 Å². The normalized spacial score (nSPS) is 25.1. The van der Waals surface area contributed by atoms with Crippen molar-refractivity contribution in [2.75, 3.05) is 6.61 Å². The number of nitrogens with zero attached hydrogens (tertiary/aromatic N) is 1. The number of halogens is 1. The van der Waals surface area contributed by atoms with Crippen LogP contribution < -0.4 is 0 Å². The third-order valence-corrected chi connectivity index (χ3v) is 3.19. The van der Waals surface area contributed by atoms with Gasteiger partial charge in [-0.2, -0.15) is 5.26 Å². The fourth-order valence-electron chi connectivity index (χ4n) is 1.84. The van der Waals surface area contributed by atoms with Crippen LogP contribution in [0.25, 0.3) is 0 Å². The molecule has 0 bridgehead atoms. The van der Waals surface area contributed by atoms with Gasteiger partial charge in [0, 0.05) is 11.6 Å². The molecular weight excluding hydrogens is 210 g/mol. The van der Waals surface area contributed by atoms with Crippen molar-refractivity contribution in [1.82, 2.24) is 0 Å². The second-order valence-electron chi connectivity index (χ2n) is 3.82. The lowest BCUT2D eigenvalue weighted by atomic mass is 9.96. The Morgan fingerprint density at radius 2 is 2.33 bits per heavy atom. The molecule has 15 heavy (non-hydrogen) atoms. The average molecular weight is 222 g/mol. The standard InChI is InChI=1S/C12H12ClNO/c1-8-2-3-9(6-11(8)13)12-10(7-14)4-5-15-12/h2-3,6,10,12H,4-5H2,1H3. The zero-order valence-corrected chi connectivity index (χ0v) is 9.29. The zero-order chi connectivity index (χ0) is 10.8. The van der Waals surface area contributed by atoms with Crippen LogP contribution in [-0.2, 0) is 4.74 Å². The Balaban J connectivity index is 2.30. The summed E-state index contributed by atoms with van der Waals surface area (Å²) in [6.07, 6.45) is 0.709. The summed E-state index contributed by atoms with van der Waals surface area (Å²) in [5.74, 6) is -0.0382. The van der Waals surface area contributed by atoms with E-state index in [4.69, 9.17) is 21.6 Å². The fraction of sp³-hybridized carbons (Fsp3) is 0.417. The molecule has 0 spiro atoms. The van der Waals surface area contributed by atoms with Crippen molar-refractivity contribution in [3.05, 3.63) is 34.3 Å². The van der Waals surface area contributed by atoms with Gasteiger partial charge in [-0.3, -0.25) is 0 Å². The predicted molar refractivity (Wildman–Crippen MR) is 58.6 cm³/mol. The summed E-state index contributed by atoms with van der Waals surface area (Å²) in [4.78, 5) is 0. The van der Waals surface area contributed by atoms with Gasteiger partial charge >= 0.3 is 0 Å². The topological polar surface area (TPSA) is 33.0 Å². The largest absolute Gasteiger partial charge is 0.372 e. The van der Waals surface area contributed by atoms with Gasteiger partial charge in [-0.25, -0.2) is 0 Å². The molecule has 1 aliphatic rings. The van der Waals surface area contributed by atoms with Crippen molar-refractivity contribution < 1.29 is 4.74 Å². The van der Waals surface area contributed by atoms with Gasteiger partial charge in [0.05, 0.1) is 18.1 Å². The minimum Gasteiger partial charge on any atom is -0.372 e. The fourth-order valence-corrected chi connectivity index (χ4v) is 2.03. The van der Waals surface area contributed by atoms with E-state index in [-0.39, 0.29) is 12.0 Å². The van der Waals surface area contributed by atoms with E-state index >= 15 is 0 Å². The minimum absolute atomic E-state index is 0.0382. The van der Waals surface area contributed by atoms with Crippen molar-refractivity contribution in [3.63, 3.8) is 0 Å². The molecule has 2 nitrogen and oxygen atoms in total. The van der Waals surface area contributed by atoms with Gasteiger partial charge in [0.2, 0.25) is 0 Å². The van der Waals surface area contributed by atoms with Crippen molar-refractivity contribution in [3.8, 4) is 6.07 Å². The lowest BCUT2D eigenvalue weighted by Crippen LogP contribution is -2.05. The Kier molecular flexibility index (Phi) is 2.95.